The molecule has 3 aromatic rings. The Kier molecular flexibility index (Phi) is 6.57. The SMILES string of the molecule is C[C@H]1C(c2ccccc2)N(C(=O)C[C@@H](c2ccccc2)c2ccc(S(C)(=O)=O)cc2)C(=O)N1C. The highest BCUT2D eigenvalue weighted by Gasteiger charge is 2.45. The van der Waals surface area contributed by atoms with Crippen LogP contribution in [0.1, 0.15) is 42.0 Å². The molecule has 1 heterocycles. The molecule has 4 rings (SSSR count). The number of carbonyl (C=O) groups is 2. The van der Waals surface area contributed by atoms with Gasteiger partial charge >= 0.3 is 6.03 Å². The van der Waals surface area contributed by atoms with Crippen LogP contribution in [0.3, 0.4) is 0 Å². The van der Waals surface area contributed by atoms with Gasteiger partial charge < -0.3 is 4.90 Å². The summed E-state index contributed by atoms with van der Waals surface area (Å²) in [6.07, 6.45) is 1.25. The lowest BCUT2D eigenvalue weighted by Crippen LogP contribution is -2.37. The number of imide groups is 1. The van der Waals surface area contributed by atoms with Crippen molar-refractivity contribution in [3.05, 3.63) is 102 Å². The number of rotatable bonds is 6. The zero-order valence-electron chi connectivity index (χ0n) is 19.5. The van der Waals surface area contributed by atoms with E-state index in [0.717, 1.165) is 16.7 Å². The van der Waals surface area contributed by atoms with Gasteiger partial charge in [-0.15, -0.1) is 0 Å². The minimum Gasteiger partial charge on any atom is -0.322 e. The summed E-state index contributed by atoms with van der Waals surface area (Å²) in [6.45, 7) is 1.95. The third kappa shape index (κ3) is 4.61. The van der Waals surface area contributed by atoms with Gasteiger partial charge in [0, 0.05) is 25.6 Å². The molecular formula is C27H28N2O4S. The molecule has 6 nitrogen and oxygen atoms in total. The fourth-order valence-corrected chi connectivity index (χ4v) is 5.19. The van der Waals surface area contributed by atoms with E-state index < -0.39 is 9.84 Å². The Hall–Kier alpha value is -3.45. The normalized spacial score (nSPS) is 19.3. The number of sulfone groups is 1. The van der Waals surface area contributed by atoms with Crippen LogP contribution in [0, 0.1) is 0 Å². The number of likely N-dealkylation sites (N-methyl/N-ethyl adjacent to an activating group) is 1. The summed E-state index contributed by atoms with van der Waals surface area (Å²) in [5.41, 5.74) is 2.65. The van der Waals surface area contributed by atoms with E-state index in [1.54, 1.807) is 36.2 Å². The molecule has 0 saturated carbocycles. The summed E-state index contributed by atoms with van der Waals surface area (Å²) in [5.74, 6) is -0.594. The topological polar surface area (TPSA) is 74.8 Å². The van der Waals surface area contributed by atoms with Gasteiger partial charge in [0.15, 0.2) is 9.84 Å². The van der Waals surface area contributed by atoms with Crippen LogP contribution in [0.4, 0.5) is 4.79 Å². The first-order chi connectivity index (χ1) is 16.2. The van der Waals surface area contributed by atoms with Crippen LogP contribution in [0.25, 0.3) is 0 Å². The summed E-state index contributed by atoms with van der Waals surface area (Å²) in [6, 6.07) is 25.0. The largest absolute Gasteiger partial charge is 0.327 e. The minimum absolute atomic E-state index is 0.0812. The maximum Gasteiger partial charge on any atom is 0.327 e. The van der Waals surface area contributed by atoms with E-state index in [-0.39, 0.29) is 41.3 Å². The average molecular weight is 477 g/mol. The first kappa shape index (κ1) is 23.7. The second kappa shape index (κ2) is 9.43. The summed E-state index contributed by atoms with van der Waals surface area (Å²) in [5, 5.41) is 0. The number of carbonyl (C=O) groups excluding carboxylic acids is 2. The number of amides is 3. The lowest BCUT2D eigenvalue weighted by atomic mass is 9.88. The molecule has 176 valence electrons. The third-order valence-electron chi connectivity index (χ3n) is 6.55. The summed E-state index contributed by atoms with van der Waals surface area (Å²) in [7, 11) is -1.61. The Balaban J connectivity index is 1.70. The molecule has 3 aromatic carbocycles. The highest BCUT2D eigenvalue weighted by molar-refractivity contribution is 7.90. The van der Waals surface area contributed by atoms with Gasteiger partial charge in [0.25, 0.3) is 0 Å². The molecule has 0 N–H and O–H groups in total. The predicted octanol–water partition coefficient (Wildman–Crippen LogP) is 4.64. The average Bonchev–Trinajstić information content (AvgIpc) is 3.07. The van der Waals surface area contributed by atoms with Gasteiger partial charge in [-0.3, -0.25) is 9.69 Å². The third-order valence-corrected chi connectivity index (χ3v) is 7.68. The predicted molar refractivity (Wildman–Crippen MR) is 131 cm³/mol. The van der Waals surface area contributed by atoms with Crippen LogP contribution in [0.2, 0.25) is 0 Å². The van der Waals surface area contributed by atoms with Crippen LogP contribution in [0.15, 0.2) is 89.8 Å². The van der Waals surface area contributed by atoms with Crippen LogP contribution in [-0.4, -0.2) is 49.5 Å². The zero-order valence-corrected chi connectivity index (χ0v) is 20.3. The van der Waals surface area contributed by atoms with Crippen molar-refractivity contribution in [3.63, 3.8) is 0 Å². The smallest absolute Gasteiger partial charge is 0.322 e. The van der Waals surface area contributed by atoms with Crippen LogP contribution >= 0.6 is 0 Å². The lowest BCUT2D eigenvalue weighted by molar-refractivity contribution is -0.129. The van der Waals surface area contributed by atoms with Crippen molar-refractivity contribution >= 4 is 21.8 Å². The van der Waals surface area contributed by atoms with Crippen molar-refractivity contribution < 1.29 is 18.0 Å². The van der Waals surface area contributed by atoms with Crippen molar-refractivity contribution in [2.75, 3.05) is 13.3 Å². The number of hydrogen-bond donors (Lipinski definition) is 0. The zero-order chi connectivity index (χ0) is 24.5. The highest BCUT2D eigenvalue weighted by atomic mass is 32.2. The van der Waals surface area contributed by atoms with E-state index in [0.29, 0.717) is 0 Å². The maximum atomic E-state index is 13.7. The number of urea groups is 1. The van der Waals surface area contributed by atoms with Crippen molar-refractivity contribution in [2.45, 2.75) is 36.2 Å². The molecule has 1 aliphatic heterocycles. The molecule has 1 fully saturated rings. The number of benzene rings is 3. The van der Waals surface area contributed by atoms with E-state index in [9.17, 15) is 18.0 Å². The van der Waals surface area contributed by atoms with E-state index in [1.807, 2.05) is 67.6 Å². The second-order valence-corrected chi connectivity index (χ2v) is 10.8. The molecule has 7 heteroatoms. The van der Waals surface area contributed by atoms with Crippen LogP contribution in [0.5, 0.6) is 0 Å². The van der Waals surface area contributed by atoms with E-state index in [4.69, 9.17) is 0 Å². The van der Waals surface area contributed by atoms with Crippen molar-refractivity contribution in [2.24, 2.45) is 0 Å². The van der Waals surface area contributed by atoms with Gasteiger partial charge in [-0.1, -0.05) is 72.8 Å². The molecule has 1 unspecified atom stereocenters. The quantitative estimate of drug-likeness (QED) is 0.520. The van der Waals surface area contributed by atoms with Crippen LogP contribution < -0.4 is 0 Å². The van der Waals surface area contributed by atoms with E-state index in [2.05, 4.69) is 0 Å². The standard InChI is InChI=1S/C27H28N2O4S/c1-19-26(22-12-8-5-9-13-22)29(27(31)28(19)2)25(30)18-24(20-10-6-4-7-11-20)21-14-16-23(17-15-21)34(3,32)33/h4-17,19,24,26H,18H2,1-3H3/t19-,24-,26?/m0/s1. The lowest BCUT2D eigenvalue weighted by Gasteiger charge is -2.26. The fraction of sp³-hybridized carbons (Fsp3) is 0.259. The second-order valence-electron chi connectivity index (χ2n) is 8.76. The molecule has 3 amide bonds. The van der Waals surface area contributed by atoms with Gasteiger partial charge in [0.1, 0.15) is 0 Å². The number of nitrogens with zero attached hydrogens (tertiary/aromatic N) is 2. The Morgan fingerprint density at radius 1 is 0.882 bits per heavy atom. The maximum absolute atomic E-state index is 13.7. The minimum atomic E-state index is -3.33. The Labute approximate surface area is 200 Å². The fourth-order valence-electron chi connectivity index (χ4n) is 4.56. The van der Waals surface area contributed by atoms with Crippen molar-refractivity contribution in [1.29, 1.82) is 0 Å². The summed E-state index contributed by atoms with van der Waals surface area (Å²) >= 11 is 0. The first-order valence-electron chi connectivity index (χ1n) is 11.2. The Morgan fingerprint density at radius 3 is 1.97 bits per heavy atom. The molecule has 1 saturated heterocycles. The van der Waals surface area contributed by atoms with Crippen LogP contribution in [-0.2, 0) is 14.6 Å². The van der Waals surface area contributed by atoms with Crippen molar-refractivity contribution in [3.8, 4) is 0 Å². The monoisotopic (exact) mass is 476 g/mol. The van der Waals surface area contributed by atoms with E-state index in [1.165, 1.54) is 11.2 Å². The Bertz CT molecular complexity index is 1280. The molecule has 0 aliphatic carbocycles. The highest BCUT2D eigenvalue weighted by Crippen LogP contribution is 2.37. The molecule has 34 heavy (non-hydrogen) atoms. The van der Waals surface area contributed by atoms with Gasteiger partial charge in [-0.05, 0) is 35.7 Å². The van der Waals surface area contributed by atoms with Gasteiger partial charge in [0.2, 0.25) is 5.91 Å². The Morgan fingerprint density at radius 2 is 1.41 bits per heavy atom. The number of hydrogen-bond acceptors (Lipinski definition) is 4. The van der Waals surface area contributed by atoms with Crippen molar-refractivity contribution in [1.82, 2.24) is 9.80 Å². The van der Waals surface area contributed by atoms with E-state index >= 15 is 0 Å². The molecule has 3 atom stereocenters. The summed E-state index contributed by atoms with van der Waals surface area (Å²) in [4.78, 5) is 30.0. The first-order valence-corrected chi connectivity index (χ1v) is 13.1. The van der Waals surface area contributed by atoms with Gasteiger partial charge in [0.05, 0.1) is 17.0 Å². The molecule has 0 spiro atoms. The van der Waals surface area contributed by atoms with Gasteiger partial charge in [-0.2, -0.15) is 0 Å². The molecule has 0 bridgehead atoms. The molecule has 0 aromatic heterocycles. The molecule has 1 aliphatic rings. The summed E-state index contributed by atoms with van der Waals surface area (Å²) < 4.78 is 23.8. The molecular weight excluding hydrogens is 448 g/mol. The van der Waals surface area contributed by atoms with Gasteiger partial charge in [-0.25, -0.2) is 13.2 Å². The molecule has 0 radical (unpaired) electrons.